The standard InChI is InChI=1S/C17H27ClN4.HI/c1-3-15(22-10-6-7-11-22)13-21-17(19-2)20-12-14-8-4-5-9-16(14)18;/h4-5,8-9,15H,3,6-7,10-13H2,1-2H3,(H2,19,20,21);1H. The van der Waals surface area contributed by atoms with Gasteiger partial charge >= 0.3 is 0 Å². The zero-order valence-corrected chi connectivity index (χ0v) is 17.1. The van der Waals surface area contributed by atoms with Crippen molar-refractivity contribution in [2.75, 3.05) is 26.7 Å². The van der Waals surface area contributed by atoms with Crippen LogP contribution in [0.3, 0.4) is 0 Å². The summed E-state index contributed by atoms with van der Waals surface area (Å²) in [7, 11) is 1.80. The van der Waals surface area contributed by atoms with Gasteiger partial charge in [0.05, 0.1) is 0 Å². The molecule has 0 aromatic heterocycles. The van der Waals surface area contributed by atoms with Gasteiger partial charge in [-0.3, -0.25) is 9.89 Å². The maximum Gasteiger partial charge on any atom is 0.191 e. The van der Waals surface area contributed by atoms with Gasteiger partial charge in [-0.25, -0.2) is 0 Å². The van der Waals surface area contributed by atoms with Crippen LogP contribution in [0.2, 0.25) is 5.02 Å². The van der Waals surface area contributed by atoms with Crippen LogP contribution in [0.4, 0.5) is 0 Å². The highest BCUT2D eigenvalue weighted by molar-refractivity contribution is 14.0. The van der Waals surface area contributed by atoms with Crippen LogP contribution in [-0.2, 0) is 6.54 Å². The van der Waals surface area contributed by atoms with Crippen molar-refractivity contribution in [3.05, 3.63) is 34.9 Å². The number of nitrogens with zero attached hydrogens (tertiary/aromatic N) is 2. The van der Waals surface area contributed by atoms with Gasteiger partial charge in [0.1, 0.15) is 0 Å². The summed E-state index contributed by atoms with van der Waals surface area (Å²) >= 11 is 6.18. The molecule has 130 valence electrons. The lowest BCUT2D eigenvalue weighted by molar-refractivity contribution is 0.236. The lowest BCUT2D eigenvalue weighted by Crippen LogP contribution is -2.46. The SMILES string of the molecule is CCC(CNC(=NC)NCc1ccccc1Cl)N1CCCC1.I. The fourth-order valence-electron chi connectivity index (χ4n) is 2.89. The molecule has 1 aliphatic rings. The number of hydrogen-bond donors (Lipinski definition) is 2. The lowest BCUT2D eigenvalue weighted by atomic mass is 10.2. The van der Waals surface area contributed by atoms with E-state index in [1.807, 2.05) is 24.3 Å². The van der Waals surface area contributed by atoms with E-state index in [9.17, 15) is 0 Å². The summed E-state index contributed by atoms with van der Waals surface area (Å²) in [5.74, 6) is 0.831. The third-order valence-corrected chi connectivity index (χ3v) is 4.63. The molecule has 0 radical (unpaired) electrons. The quantitative estimate of drug-likeness (QED) is 0.396. The van der Waals surface area contributed by atoms with Crippen molar-refractivity contribution in [2.24, 2.45) is 4.99 Å². The van der Waals surface area contributed by atoms with E-state index in [2.05, 4.69) is 27.4 Å². The van der Waals surface area contributed by atoms with Crippen LogP contribution >= 0.6 is 35.6 Å². The van der Waals surface area contributed by atoms with Gasteiger partial charge in [-0.15, -0.1) is 24.0 Å². The molecule has 1 heterocycles. The minimum atomic E-state index is 0. The first kappa shape index (κ1) is 20.5. The highest BCUT2D eigenvalue weighted by atomic mass is 127. The molecule has 1 unspecified atom stereocenters. The molecule has 0 amide bonds. The van der Waals surface area contributed by atoms with E-state index in [1.165, 1.54) is 25.9 Å². The maximum atomic E-state index is 6.18. The van der Waals surface area contributed by atoms with E-state index >= 15 is 0 Å². The Morgan fingerprint density at radius 3 is 2.57 bits per heavy atom. The minimum absolute atomic E-state index is 0. The Morgan fingerprint density at radius 2 is 1.96 bits per heavy atom. The number of aliphatic imine (C=N–C) groups is 1. The number of rotatable bonds is 6. The Balaban J connectivity index is 0.00000264. The topological polar surface area (TPSA) is 39.7 Å². The van der Waals surface area contributed by atoms with Crippen molar-refractivity contribution in [1.82, 2.24) is 15.5 Å². The third kappa shape index (κ3) is 6.47. The summed E-state index contributed by atoms with van der Waals surface area (Å²) < 4.78 is 0. The zero-order chi connectivity index (χ0) is 15.8. The lowest BCUT2D eigenvalue weighted by Gasteiger charge is -2.27. The van der Waals surface area contributed by atoms with Crippen molar-refractivity contribution < 1.29 is 0 Å². The molecule has 0 bridgehead atoms. The van der Waals surface area contributed by atoms with Crippen molar-refractivity contribution in [3.63, 3.8) is 0 Å². The fourth-order valence-corrected chi connectivity index (χ4v) is 3.10. The first-order chi connectivity index (χ1) is 10.7. The van der Waals surface area contributed by atoms with Gasteiger partial charge in [0.25, 0.3) is 0 Å². The van der Waals surface area contributed by atoms with Crippen molar-refractivity contribution in [3.8, 4) is 0 Å². The van der Waals surface area contributed by atoms with Crippen LogP contribution in [0.5, 0.6) is 0 Å². The fraction of sp³-hybridized carbons (Fsp3) is 0.588. The van der Waals surface area contributed by atoms with Crippen molar-refractivity contribution in [1.29, 1.82) is 0 Å². The van der Waals surface area contributed by atoms with Gasteiger partial charge in [-0.1, -0.05) is 36.7 Å². The summed E-state index contributed by atoms with van der Waals surface area (Å²) in [6.07, 6.45) is 3.82. The van der Waals surface area contributed by atoms with Gasteiger partial charge in [0, 0.05) is 31.2 Å². The van der Waals surface area contributed by atoms with E-state index in [0.29, 0.717) is 12.6 Å². The first-order valence-corrected chi connectivity index (χ1v) is 8.54. The molecule has 1 fully saturated rings. The smallest absolute Gasteiger partial charge is 0.191 e. The largest absolute Gasteiger partial charge is 0.355 e. The van der Waals surface area contributed by atoms with Crippen molar-refractivity contribution in [2.45, 2.75) is 38.8 Å². The monoisotopic (exact) mass is 450 g/mol. The Labute approximate surface area is 162 Å². The highest BCUT2D eigenvalue weighted by Gasteiger charge is 2.20. The number of nitrogens with one attached hydrogen (secondary N) is 2. The van der Waals surface area contributed by atoms with E-state index < -0.39 is 0 Å². The molecule has 6 heteroatoms. The van der Waals surface area contributed by atoms with E-state index in [-0.39, 0.29) is 24.0 Å². The minimum Gasteiger partial charge on any atom is -0.355 e. The normalized spacial score (nSPS) is 16.7. The number of benzene rings is 1. The molecular formula is C17H28ClIN4. The van der Waals surface area contributed by atoms with Crippen LogP contribution < -0.4 is 10.6 Å². The van der Waals surface area contributed by atoms with Crippen LogP contribution in [-0.4, -0.2) is 43.6 Å². The van der Waals surface area contributed by atoms with Gasteiger partial charge in [-0.2, -0.15) is 0 Å². The molecule has 2 rings (SSSR count). The molecule has 1 atom stereocenters. The zero-order valence-electron chi connectivity index (χ0n) is 14.0. The number of guanidine groups is 1. The Kier molecular flexibility index (Phi) is 9.90. The number of hydrogen-bond acceptors (Lipinski definition) is 2. The van der Waals surface area contributed by atoms with Crippen LogP contribution in [0.25, 0.3) is 0 Å². The van der Waals surface area contributed by atoms with Gasteiger partial charge in [0.2, 0.25) is 0 Å². The molecule has 1 saturated heterocycles. The van der Waals surface area contributed by atoms with Crippen LogP contribution in [0.15, 0.2) is 29.3 Å². The highest BCUT2D eigenvalue weighted by Crippen LogP contribution is 2.15. The third-order valence-electron chi connectivity index (χ3n) is 4.26. The maximum absolute atomic E-state index is 6.18. The molecule has 1 aromatic rings. The average Bonchev–Trinajstić information content (AvgIpc) is 3.06. The predicted molar refractivity (Wildman–Crippen MR) is 110 cm³/mol. The Hall–Kier alpha value is -0.530. The number of likely N-dealkylation sites (tertiary alicyclic amines) is 1. The van der Waals surface area contributed by atoms with Crippen LogP contribution in [0, 0.1) is 0 Å². The molecule has 0 aliphatic carbocycles. The first-order valence-electron chi connectivity index (χ1n) is 8.16. The Bertz CT molecular complexity index is 489. The predicted octanol–water partition coefficient (Wildman–Crippen LogP) is 3.50. The molecule has 23 heavy (non-hydrogen) atoms. The van der Waals surface area contributed by atoms with E-state index in [4.69, 9.17) is 11.6 Å². The molecule has 1 aliphatic heterocycles. The molecular weight excluding hydrogens is 423 g/mol. The second-order valence-corrected chi connectivity index (χ2v) is 6.11. The molecule has 0 spiro atoms. The summed E-state index contributed by atoms with van der Waals surface area (Å²) in [6.45, 7) is 6.32. The van der Waals surface area contributed by atoms with E-state index in [0.717, 1.165) is 29.5 Å². The summed E-state index contributed by atoms with van der Waals surface area (Å²) in [4.78, 5) is 6.88. The van der Waals surface area contributed by atoms with E-state index in [1.54, 1.807) is 7.05 Å². The van der Waals surface area contributed by atoms with Crippen molar-refractivity contribution >= 4 is 41.5 Å². The summed E-state index contributed by atoms with van der Waals surface area (Å²) in [5.41, 5.74) is 1.08. The summed E-state index contributed by atoms with van der Waals surface area (Å²) in [6, 6.07) is 8.47. The average molecular weight is 451 g/mol. The van der Waals surface area contributed by atoms with Gasteiger partial charge in [0.15, 0.2) is 5.96 Å². The molecule has 0 saturated carbocycles. The van der Waals surface area contributed by atoms with Gasteiger partial charge < -0.3 is 10.6 Å². The Morgan fingerprint density at radius 1 is 1.26 bits per heavy atom. The number of halogens is 2. The molecule has 1 aromatic carbocycles. The van der Waals surface area contributed by atoms with Crippen LogP contribution in [0.1, 0.15) is 31.7 Å². The van der Waals surface area contributed by atoms with Gasteiger partial charge in [-0.05, 0) is 44.0 Å². The second kappa shape index (κ2) is 11.1. The summed E-state index contributed by atoms with van der Waals surface area (Å²) in [5, 5.41) is 7.56. The molecule has 2 N–H and O–H groups in total. The molecule has 4 nitrogen and oxygen atoms in total. The second-order valence-electron chi connectivity index (χ2n) is 5.70.